The summed E-state index contributed by atoms with van der Waals surface area (Å²) in [5.74, 6) is -0.210. The largest absolute Gasteiger partial charge is 0.379 e. The average molecular weight is 326 g/mol. The Morgan fingerprint density at radius 2 is 2.16 bits per heavy atom. The van der Waals surface area contributed by atoms with E-state index in [-0.39, 0.29) is 5.82 Å². The zero-order valence-electron chi connectivity index (χ0n) is 11.3. The topological polar surface area (TPSA) is 29.9 Å². The van der Waals surface area contributed by atoms with Gasteiger partial charge in [-0.3, -0.25) is 4.68 Å². The van der Waals surface area contributed by atoms with Crippen molar-refractivity contribution in [1.29, 1.82) is 0 Å². The number of aryl methyl sites for hydroxylation is 3. The number of halogens is 2. The van der Waals surface area contributed by atoms with Crippen molar-refractivity contribution >= 4 is 21.6 Å². The molecule has 102 valence electrons. The van der Waals surface area contributed by atoms with Crippen LogP contribution in [0.4, 0.5) is 10.1 Å². The number of rotatable bonds is 4. The van der Waals surface area contributed by atoms with Crippen LogP contribution in [0.1, 0.15) is 23.9 Å². The van der Waals surface area contributed by atoms with Gasteiger partial charge in [-0.15, -0.1) is 0 Å². The maximum atomic E-state index is 13.0. The van der Waals surface area contributed by atoms with Crippen molar-refractivity contribution in [2.24, 2.45) is 7.05 Å². The summed E-state index contributed by atoms with van der Waals surface area (Å²) in [4.78, 5) is 0. The highest BCUT2D eigenvalue weighted by molar-refractivity contribution is 9.10. The molecule has 0 fully saturated rings. The van der Waals surface area contributed by atoms with Crippen LogP contribution in [0.15, 0.2) is 22.7 Å². The highest BCUT2D eigenvalue weighted by atomic mass is 79.9. The molecule has 0 radical (unpaired) electrons. The van der Waals surface area contributed by atoms with Gasteiger partial charge in [-0.25, -0.2) is 4.39 Å². The Kier molecular flexibility index (Phi) is 4.24. The Hall–Kier alpha value is -1.36. The Labute approximate surface area is 121 Å². The van der Waals surface area contributed by atoms with E-state index >= 15 is 0 Å². The summed E-state index contributed by atoms with van der Waals surface area (Å²) in [6.07, 6.45) is 0.893. The Morgan fingerprint density at radius 3 is 2.74 bits per heavy atom. The first-order chi connectivity index (χ1) is 9.02. The monoisotopic (exact) mass is 325 g/mol. The SMILES string of the molecule is CCc1nn(C)c(CNc2ccc(F)cc2C)c1Br. The Morgan fingerprint density at radius 1 is 1.42 bits per heavy atom. The van der Waals surface area contributed by atoms with Crippen LogP contribution in [0.25, 0.3) is 0 Å². The molecule has 2 aromatic rings. The molecule has 2 rings (SSSR count). The fourth-order valence-corrected chi connectivity index (χ4v) is 2.77. The molecule has 0 spiro atoms. The third-order valence-electron chi connectivity index (χ3n) is 3.14. The normalized spacial score (nSPS) is 10.8. The second kappa shape index (κ2) is 5.74. The zero-order valence-corrected chi connectivity index (χ0v) is 12.9. The van der Waals surface area contributed by atoms with Gasteiger partial charge in [0.1, 0.15) is 5.82 Å². The molecule has 0 saturated heterocycles. The standard InChI is InChI=1S/C14H17BrFN3/c1-4-11-14(15)13(19(3)18-11)8-17-12-6-5-10(16)7-9(12)2/h5-7,17H,4,8H2,1-3H3. The van der Waals surface area contributed by atoms with Gasteiger partial charge in [-0.1, -0.05) is 6.92 Å². The van der Waals surface area contributed by atoms with E-state index in [2.05, 4.69) is 33.3 Å². The molecular formula is C14H17BrFN3. The van der Waals surface area contributed by atoms with Gasteiger partial charge in [-0.2, -0.15) is 5.10 Å². The summed E-state index contributed by atoms with van der Waals surface area (Å²) in [6.45, 7) is 4.62. The van der Waals surface area contributed by atoms with Gasteiger partial charge in [0.25, 0.3) is 0 Å². The number of hydrogen-bond donors (Lipinski definition) is 1. The minimum Gasteiger partial charge on any atom is -0.379 e. The fourth-order valence-electron chi connectivity index (χ4n) is 2.02. The van der Waals surface area contributed by atoms with Crippen LogP contribution >= 0.6 is 15.9 Å². The van der Waals surface area contributed by atoms with E-state index in [1.165, 1.54) is 12.1 Å². The first-order valence-electron chi connectivity index (χ1n) is 6.23. The van der Waals surface area contributed by atoms with Crippen LogP contribution in [-0.4, -0.2) is 9.78 Å². The van der Waals surface area contributed by atoms with Crippen LogP contribution in [-0.2, 0) is 20.0 Å². The molecule has 0 bridgehead atoms. The highest BCUT2D eigenvalue weighted by Crippen LogP contribution is 2.23. The number of anilines is 1. The molecule has 0 aliphatic heterocycles. The van der Waals surface area contributed by atoms with Crippen LogP contribution in [0.5, 0.6) is 0 Å². The second-order valence-corrected chi connectivity index (χ2v) is 5.29. The minimum atomic E-state index is -0.210. The van der Waals surface area contributed by atoms with Gasteiger partial charge in [0.05, 0.1) is 22.4 Å². The third kappa shape index (κ3) is 2.97. The second-order valence-electron chi connectivity index (χ2n) is 4.50. The molecule has 1 heterocycles. The molecule has 0 aliphatic carbocycles. The van der Waals surface area contributed by atoms with Gasteiger partial charge < -0.3 is 5.32 Å². The minimum absolute atomic E-state index is 0.210. The van der Waals surface area contributed by atoms with Crippen molar-refractivity contribution in [1.82, 2.24) is 9.78 Å². The molecule has 1 aromatic carbocycles. The summed E-state index contributed by atoms with van der Waals surface area (Å²) < 4.78 is 16.0. The molecule has 3 nitrogen and oxygen atoms in total. The van der Waals surface area contributed by atoms with Crippen LogP contribution < -0.4 is 5.32 Å². The van der Waals surface area contributed by atoms with E-state index in [4.69, 9.17) is 0 Å². The fraction of sp³-hybridized carbons (Fsp3) is 0.357. The van der Waals surface area contributed by atoms with Crippen LogP contribution in [0, 0.1) is 12.7 Å². The summed E-state index contributed by atoms with van der Waals surface area (Å²) in [5, 5.41) is 7.77. The quantitative estimate of drug-likeness (QED) is 0.926. The molecule has 0 saturated carbocycles. The number of benzene rings is 1. The number of aromatic nitrogens is 2. The molecule has 5 heteroatoms. The predicted molar refractivity (Wildman–Crippen MR) is 78.7 cm³/mol. The van der Waals surface area contributed by atoms with Gasteiger partial charge in [0.2, 0.25) is 0 Å². The van der Waals surface area contributed by atoms with E-state index in [0.717, 1.165) is 33.5 Å². The van der Waals surface area contributed by atoms with Crippen molar-refractivity contribution < 1.29 is 4.39 Å². The summed E-state index contributed by atoms with van der Waals surface area (Å²) in [7, 11) is 1.93. The molecule has 19 heavy (non-hydrogen) atoms. The maximum absolute atomic E-state index is 13.0. The van der Waals surface area contributed by atoms with Crippen molar-refractivity contribution in [2.75, 3.05) is 5.32 Å². The summed E-state index contributed by atoms with van der Waals surface area (Å²) in [6, 6.07) is 4.75. The predicted octanol–water partition coefficient (Wildman–Crippen LogP) is 3.80. The average Bonchev–Trinajstić information content (AvgIpc) is 2.64. The molecular weight excluding hydrogens is 309 g/mol. The summed E-state index contributed by atoms with van der Waals surface area (Å²) >= 11 is 3.58. The first-order valence-corrected chi connectivity index (χ1v) is 7.02. The van der Waals surface area contributed by atoms with Crippen molar-refractivity contribution in [3.8, 4) is 0 Å². The zero-order chi connectivity index (χ0) is 14.0. The number of hydrogen-bond acceptors (Lipinski definition) is 2. The van der Waals surface area contributed by atoms with Crippen molar-refractivity contribution in [3.63, 3.8) is 0 Å². The molecule has 0 atom stereocenters. The van der Waals surface area contributed by atoms with E-state index in [1.807, 2.05) is 18.7 Å². The van der Waals surface area contributed by atoms with Crippen LogP contribution in [0.3, 0.4) is 0 Å². The lowest BCUT2D eigenvalue weighted by Gasteiger charge is -2.10. The molecule has 1 aromatic heterocycles. The summed E-state index contributed by atoms with van der Waals surface area (Å²) in [5.41, 5.74) is 3.97. The molecule has 0 aliphatic rings. The molecule has 1 N–H and O–H groups in total. The maximum Gasteiger partial charge on any atom is 0.123 e. The van der Waals surface area contributed by atoms with E-state index in [0.29, 0.717) is 6.54 Å². The van der Waals surface area contributed by atoms with E-state index in [1.54, 1.807) is 6.07 Å². The van der Waals surface area contributed by atoms with Crippen molar-refractivity contribution in [3.05, 3.63) is 45.4 Å². The molecule has 0 unspecified atom stereocenters. The third-order valence-corrected chi connectivity index (χ3v) is 4.05. The molecule has 0 amide bonds. The lowest BCUT2D eigenvalue weighted by Crippen LogP contribution is -2.07. The number of nitrogens with zero attached hydrogens (tertiary/aromatic N) is 2. The van der Waals surface area contributed by atoms with Crippen LogP contribution in [0.2, 0.25) is 0 Å². The Bertz CT molecular complexity index is 593. The number of nitrogens with one attached hydrogen (secondary N) is 1. The smallest absolute Gasteiger partial charge is 0.123 e. The highest BCUT2D eigenvalue weighted by Gasteiger charge is 2.12. The van der Waals surface area contributed by atoms with Gasteiger partial charge in [0, 0.05) is 12.7 Å². The Balaban J connectivity index is 2.16. The van der Waals surface area contributed by atoms with Gasteiger partial charge in [0.15, 0.2) is 0 Å². The lowest BCUT2D eigenvalue weighted by molar-refractivity contribution is 0.626. The van der Waals surface area contributed by atoms with E-state index < -0.39 is 0 Å². The van der Waals surface area contributed by atoms with E-state index in [9.17, 15) is 4.39 Å². The van der Waals surface area contributed by atoms with Crippen molar-refractivity contribution in [2.45, 2.75) is 26.8 Å². The van der Waals surface area contributed by atoms with Gasteiger partial charge in [-0.05, 0) is 53.0 Å². The van der Waals surface area contributed by atoms with Gasteiger partial charge >= 0.3 is 0 Å². The lowest BCUT2D eigenvalue weighted by atomic mass is 10.2. The first kappa shape index (κ1) is 14.1.